The van der Waals surface area contributed by atoms with Crippen molar-refractivity contribution in [3.63, 3.8) is 0 Å². The van der Waals surface area contributed by atoms with Crippen molar-refractivity contribution in [3.8, 4) is 0 Å². The molecule has 7 heteroatoms. The third kappa shape index (κ3) is 4.19. The summed E-state index contributed by atoms with van der Waals surface area (Å²) in [5, 5.41) is 14.8. The van der Waals surface area contributed by atoms with Crippen molar-refractivity contribution in [3.05, 3.63) is 0 Å². The van der Waals surface area contributed by atoms with Gasteiger partial charge in [0.25, 0.3) is 0 Å². The predicted octanol–water partition coefficient (Wildman–Crippen LogP) is -0.256. The molecule has 1 saturated heterocycles. The largest absolute Gasteiger partial charge is 0.480 e. The summed E-state index contributed by atoms with van der Waals surface area (Å²) < 4.78 is 0. The summed E-state index contributed by atoms with van der Waals surface area (Å²) in [6.45, 7) is 2.74. The number of nitrogens with one attached hydrogen (secondary N) is 2. The van der Waals surface area contributed by atoms with E-state index in [1.165, 1.54) is 0 Å². The van der Waals surface area contributed by atoms with Crippen molar-refractivity contribution in [2.45, 2.75) is 57.0 Å². The van der Waals surface area contributed by atoms with Crippen molar-refractivity contribution >= 4 is 17.8 Å². The van der Waals surface area contributed by atoms with Crippen molar-refractivity contribution in [2.75, 3.05) is 6.54 Å². The standard InChI is InChI=1S/C13H23N3O4/c1-2-6-13(7-3-8-15-13)12(20)16-9(11(18)19)4-5-10(14)17/h9,15H,2-8H2,1H3,(H2,14,17)(H,16,20)(H,18,19)/t9-,13?/m0/s1. The van der Waals surface area contributed by atoms with Crippen LogP contribution in [-0.2, 0) is 14.4 Å². The van der Waals surface area contributed by atoms with Gasteiger partial charge in [-0.1, -0.05) is 13.3 Å². The van der Waals surface area contributed by atoms with E-state index in [0.717, 1.165) is 19.4 Å². The fraction of sp³-hybridized carbons (Fsp3) is 0.769. The molecule has 0 saturated carbocycles. The zero-order valence-corrected chi connectivity index (χ0v) is 11.8. The van der Waals surface area contributed by atoms with Gasteiger partial charge in [0, 0.05) is 6.42 Å². The Hall–Kier alpha value is -1.63. The Kier molecular flexibility index (Phi) is 5.94. The van der Waals surface area contributed by atoms with E-state index in [9.17, 15) is 14.4 Å². The van der Waals surface area contributed by atoms with Gasteiger partial charge in [0.1, 0.15) is 6.04 Å². The number of aliphatic carboxylic acids is 1. The van der Waals surface area contributed by atoms with E-state index in [0.29, 0.717) is 12.8 Å². The van der Waals surface area contributed by atoms with Crippen LogP contribution in [0.2, 0.25) is 0 Å². The number of carboxylic acid groups (broad SMARTS) is 1. The van der Waals surface area contributed by atoms with Crippen molar-refractivity contribution in [1.29, 1.82) is 0 Å². The fourth-order valence-corrected chi connectivity index (χ4v) is 2.59. The summed E-state index contributed by atoms with van der Waals surface area (Å²) in [4.78, 5) is 34.2. The Labute approximate surface area is 118 Å². The van der Waals surface area contributed by atoms with Gasteiger partial charge >= 0.3 is 5.97 Å². The molecule has 0 aliphatic carbocycles. The molecule has 1 heterocycles. The van der Waals surface area contributed by atoms with Crippen LogP contribution in [0.3, 0.4) is 0 Å². The zero-order valence-electron chi connectivity index (χ0n) is 11.8. The van der Waals surface area contributed by atoms with Gasteiger partial charge in [0.15, 0.2) is 0 Å². The van der Waals surface area contributed by atoms with Crippen LogP contribution >= 0.6 is 0 Å². The maximum atomic E-state index is 12.4. The molecule has 114 valence electrons. The molecule has 0 spiro atoms. The van der Waals surface area contributed by atoms with Gasteiger partial charge < -0.3 is 21.5 Å². The molecule has 1 fully saturated rings. The third-order valence-corrected chi connectivity index (χ3v) is 3.64. The molecule has 2 atom stereocenters. The summed E-state index contributed by atoms with van der Waals surface area (Å²) in [5.74, 6) is -2.02. The molecule has 20 heavy (non-hydrogen) atoms. The van der Waals surface area contributed by atoms with Crippen LogP contribution < -0.4 is 16.4 Å². The van der Waals surface area contributed by atoms with Gasteiger partial charge in [-0.25, -0.2) is 4.79 Å². The maximum absolute atomic E-state index is 12.4. The molecule has 0 bridgehead atoms. The number of carboxylic acids is 1. The predicted molar refractivity (Wildman–Crippen MR) is 72.9 cm³/mol. The summed E-state index contributed by atoms with van der Waals surface area (Å²) in [6, 6.07) is -1.08. The number of hydrogen-bond acceptors (Lipinski definition) is 4. The molecule has 2 amide bonds. The molecule has 0 radical (unpaired) electrons. The highest BCUT2D eigenvalue weighted by atomic mass is 16.4. The van der Waals surface area contributed by atoms with E-state index in [1.807, 2.05) is 6.92 Å². The van der Waals surface area contributed by atoms with E-state index < -0.39 is 23.5 Å². The third-order valence-electron chi connectivity index (χ3n) is 3.64. The molecular weight excluding hydrogens is 262 g/mol. The lowest BCUT2D eigenvalue weighted by Crippen LogP contribution is -2.57. The maximum Gasteiger partial charge on any atom is 0.326 e. The summed E-state index contributed by atoms with van der Waals surface area (Å²) >= 11 is 0. The second-order valence-corrected chi connectivity index (χ2v) is 5.23. The van der Waals surface area contributed by atoms with E-state index in [-0.39, 0.29) is 18.7 Å². The first kappa shape index (κ1) is 16.4. The topological polar surface area (TPSA) is 122 Å². The molecular formula is C13H23N3O4. The number of rotatable bonds is 8. The molecule has 5 N–H and O–H groups in total. The van der Waals surface area contributed by atoms with Gasteiger partial charge in [-0.15, -0.1) is 0 Å². The minimum Gasteiger partial charge on any atom is -0.480 e. The normalized spacial score (nSPS) is 23.2. The number of carbonyl (C=O) groups is 3. The number of nitrogens with two attached hydrogens (primary N) is 1. The number of amides is 2. The first-order chi connectivity index (χ1) is 9.41. The van der Waals surface area contributed by atoms with E-state index in [2.05, 4.69) is 10.6 Å². The molecule has 1 aliphatic rings. The molecule has 1 rings (SSSR count). The van der Waals surface area contributed by atoms with Crippen molar-refractivity contribution in [2.24, 2.45) is 5.73 Å². The minimum absolute atomic E-state index is 0.0125. The second-order valence-electron chi connectivity index (χ2n) is 5.23. The highest BCUT2D eigenvalue weighted by molar-refractivity contribution is 5.90. The lowest BCUT2D eigenvalue weighted by molar-refractivity contribution is -0.143. The quantitative estimate of drug-likeness (QED) is 0.489. The first-order valence-electron chi connectivity index (χ1n) is 6.98. The Balaban J connectivity index is 2.68. The average Bonchev–Trinajstić information content (AvgIpc) is 2.83. The van der Waals surface area contributed by atoms with E-state index in [1.54, 1.807) is 0 Å². The van der Waals surface area contributed by atoms with Crippen LogP contribution in [0, 0.1) is 0 Å². The smallest absolute Gasteiger partial charge is 0.326 e. The summed E-state index contributed by atoms with van der Waals surface area (Å²) in [7, 11) is 0. The molecule has 0 aromatic carbocycles. The van der Waals surface area contributed by atoms with Crippen LogP contribution in [0.1, 0.15) is 45.4 Å². The molecule has 7 nitrogen and oxygen atoms in total. The average molecular weight is 285 g/mol. The van der Waals surface area contributed by atoms with E-state index in [4.69, 9.17) is 10.8 Å². The SMILES string of the molecule is CCCC1(C(=O)N[C@@H](CCC(N)=O)C(=O)O)CCCN1. The first-order valence-corrected chi connectivity index (χ1v) is 6.98. The van der Waals surface area contributed by atoms with Crippen LogP contribution in [-0.4, -0.2) is 41.0 Å². The summed E-state index contributed by atoms with van der Waals surface area (Å²) in [6.07, 6.45) is 3.05. The van der Waals surface area contributed by atoms with Crippen LogP contribution in [0.15, 0.2) is 0 Å². The Morgan fingerprint density at radius 1 is 1.45 bits per heavy atom. The number of primary amides is 1. The van der Waals surface area contributed by atoms with Crippen molar-refractivity contribution < 1.29 is 19.5 Å². The van der Waals surface area contributed by atoms with E-state index >= 15 is 0 Å². The highest BCUT2D eigenvalue weighted by Crippen LogP contribution is 2.25. The van der Waals surface area contributed by atoms with Gasteiger partial charge in [-0.05, 0) is 32.2 Å². The van der Waals surface area contributed by atoms with Crippen LogP contribution in [0.4, 0.5) is 0 Å². The summed E-state index contributed by atoms with van der Waals surface area (Å²) in [5.41, 5.74) is 4.34. The number of carbonyl (C=O) groups excluding carboxylic acids is 2. The van der Waals surface area contributed by atoms with Crippen molar-refractivity contribution in [1.82, 2.24) is 10.6 Å². The Morgan fingerprint density at radius 3 is 2.60 bits per heavy atom. The van der Waals surface area contributed by atoms with Gasteiger partial charge in [-0.3, -0.25) is 9.59 Å². The lowest BCUT2D eigenvalue weighted by Gasteiger charge is -2.29. The van der Waals surface area contributed by atoms with Gasteiger partial charge in [0.05, 0.1) is 5.54 Å². The van der Waals surface area contributed by atoms with Gasteiger partial charge in [-0.2, -0.15) is 0 Å². The number of hydrogen-bond donors (Lipinski definition) is 4. The highest BCUT2D eigenvalue weighted by Gasteiger charge is 2.41. The lowest BCUT2D eigenvalue weighted by atomic mass is 9.90. The molecule has 1 aliphatic heterocycles. The minimum atomic E-state index is -1.15. The second kappa shape index (κ2) is 7.23. The Bertz CT molecular complexity index is 378. The van der Waals surface area contributed by atoms with Gasteiger partial charge in [0.2, 0.25) is 11.8 Å². The van der Waals surface area contributed by atoms with Crippen LogP contribution in [0.5, 0.6) is 0 Å². The van der Waals surface area contributed by atoms with Crippen LogP contribution in [0.25, 0.3) is 0 Å². The monoisotopic (exact) mass is 285 g/mol. The molecule has 0 aromatic heterocycles. The molecule has 0 aromatic rings. The fourth-order valence-electron chi connectivity index (χ4n) is 2.59. The molecule has 1 unspecified atom stereocenters. The Morgan fingerprint density at radius 2 is 2.15 bits per heavy atom. The zero-order chi connectivity index (χ0) is 15.2.